The van der Waals surface area contributed by atoms with Crippen LogP contribution in [-0.4, -0.2) is 24.7 Å². The van der Waals surface area contributed by atoms with Gasteiger partial charge in [0.2, 0.25) is 6.29 Å². The van der Waals surface area contributed by atoms with Gasteiger partial charge in [0.25, 0.3) is 0 Å². The van der Waals surface area contributed by atoms with Crippen molar-refractivity contribution in [1.29, 1.82) is 0 Å². The highest BCUT2D eigenvalue weighted by Gasteiger charge is 2.60. The molecule has 0 heterocycles. The van der Waals surface area contributed by atoms with Crippen molar-refractivity contribution in [1.82, 2.24) is 0 Å². The van der Waals surface area contributed by atoms with Crippen LogP contribution >= 0.6 is 0 Å². The van der Waals surface area contributed by atoms with Gasteiger partial charge in [0.1, 0.15) is 0 Å². The molecule has 0 aromatic heterocycles. The van der Waals surface area contributed by atoms with Gasteiger partial charge in [-0.15, -0.1) is 0 Å². The molecular formula is C21H32O4. The molecular weight excluding hydrogens is 316 g/mol. The number of fused-ring (bicyclic) bond motifs is 5. The topological polar surface area (TPSA) is 55.8 Å². The molecule has 4 heteroatoms. The molecule has 140 valence electrons. The first-order valence-corrected chi connectivity index (χ1v) is 10.1. The highest BCUT2D eigenvalue weighted by Crippen LogP contribution is 2.65. The number of hydrogen-bond donors (Lipinski definition) is 1. The number of aliphatic hydroxyl groups excluding tert-OH is 1. The summed E-state index contributed by atoms with van der Waals surface area (Å²) in [7, 11) is 1.30. The molecule has 6 atom stereocenters. The molecule has 3 fully saturated rings. The summed E-state index contributed by atoms with van der Waals surface area (Å²) in [6.07, 6.45) is 12.5. The van der Waals surface area contributed by atoms with Crippen molar-refractivity contribution in [2.45, 2.75) is 77.4 Å². The van der Waals surface area contributed by atoms with Crippen molar-refractivity contribution in [3.8, 4) is 0 Å². The number of rotatable bonds is 2. The Bertz CT molecular complexity index is 570. The maximum Gasteiger partial charge on any atom is 0.510 e. The molecule has 0 radical (unpaired) electrons. The van der Waals surface area contributed by atoms with Crippen molar-refractivity contribution < 1.29 is 19.4 Å². The number of carbonyl (C=O) groups is 1. The molecule has 4 nitrogen and oxygen atoms in total. The van der Waals surface area contributed by atoms with Gasteiger partial charge in [0.15, 0.2) is 0 Å². The molecule has 1 N–H and O–H groups in total. The van der Waals surface area contributed by atoms with Gasteiger partial charge in [-0.2, -0.15) is 0 Å². The lowest BCUT2D eigenvalue weighted by molar-refractivity contribution is -0.194. The van der Waals surface area contributed by atoms with E-state index in [0.29, 0.717) is 17.3 Å². The number of allylic oxidation sites excluding steroid dienone is 2. The third kappa shape index (κ3) is 2.55. The van der Waals surface area contributed by atoms with Gasteiger partial charge >= 0.3 is 6.16 Å². The second kappa shape index (κ2) is 6.29. The van der Waals surface area contributed by atoms with Gasteiger partial charge in [0.05, 0.1) is 7.11 Å². The third-order valence-electron chi connectivity index (χ3n) is 8.30. The van der Waals surface area contributed by atoms with Crippen LogP contribution < -0.4 is 0 Å². The Balaban J connectivity index is 1.61. The normalized spacial score (nSPS) is 44.0. The monoisotopic (exact) mass is 348 g/mol. The Hall–Kier alpha value is -1.03. The van der Waals surface area contributed by atoms with Crippen LogP contribution in [0.3, 0.4) is 0 Å². The molecule has 0 spiro atoms. The van der Waals surface area contributed by atoms with Crippen LogP contribution in [0.1, 0.15) is 71.1 Å². The summed E-state index contributed by atoms with van der Waals surface area (Å²) < 4.78 is 9.85. The average molecular weight is 348 g/mol. The number of aliphatic hydroxyl groups is 1. The summed E-state index contributed by atoms with van der Waals surface area (Å²) in [6.45, 7) is 2.50. The predicted molar refractivity (Wildman–Crippen MR) is 94.8 cm³/mol. The molecule has 0 saturated heterocycles. The standard InChI is InChI=1S/C21H32O4/c1-20-11-4-3-6-14(20)8-9-15-16(20)10-13-21(12-5-7-17(15)21)18(22)25-19(23)24-2/h8,15-18,22H,3-7,9-13H2,1-2H3/t15-,16+,17+,18?,20+,21-/m1/s1. The highest BCUT2D eigenvalue weighted by atomic mass is 16.8. The Labute approximate surface area is 151 Å². The zero-order valence-corrected chi connectivity index (χ0v) is 15.6. The van der Waals surface area contributed by atoms with Crippen molar-refractivity contribution in [2.75, 3.05) is 7.11 Å². The third-order valence-corrected chi connectivity index (χ3v) is 8.30. The zero-order valence-electron chi connectivity index (χ0n) is 15.6. The number of hydrogen-bond acceptors (Lipinski definition) is 4. The quantitative estimate of drug-likeness (QED) is 0.442. The minimum atomic E-state index is -1.03. The molecule has 0 aromatic rings. The Kier molecular flexibility index (Phi) is 4.38. The van der Waals surface area contributed by atoms with Crippen LogP contribution in [0.5, 0.6) is 0 Å². The van der Waals surface area contributed by atoms with Crippen LogP contribution in [0.25, 0.3) is 0 Å². The van der Waals surface area contributed by atoms with Crippen LogP contribution in [0, 0.1) is 28.6 Å². The van der Waals surface area contributed by atoms with Gasteiger partial charge in [-0.3, -0.25) is 0 Å². The van der Waals surface area contributed by atoms with E-state index in [1.54, 1.807) is 5.57 Å². The zero-order chi connectivity index (χ0) is 17.7. The van der Waals surface area contributed by atoms with E-state index in [1.165, 1.54) is 32.8 Å². The summed E-state index contributed by atoms with van der Waals surface area (Å²) in [5.41, 5.74) is 1.81. The van der Waals surface area contributed by atoms with E-state index in [0.717, 1.165) is 44.4 Å². The fourth-order valence-corrected chi connectivity index (χ4v) is 7.09. The fraction of sp³-hybridized carbons (Fsp3) is 0.857. The van der Waals surface area contributed by atoms with E-state index in [-0.39, 0.29) is 5.41 Å². The van der Waals surface area contributed by atoms with Crippen molar-refractivity contribution >= 4 is 6.16 Å². The van der Waals surface area contributed by atoms with E-state index >= 15 is 0 Å². The first-order chi connectivity index (χ1) is 12.0. The molecule has 1 unspecified atom stereocenters. The van der Waals surface area contributed by atoms with E-state index in [2.05, 4.69) is 17.7 Å². The fourth-order valence-electron chi connectivity index (χ4n) is 7.09. The molecule has 4 rings (SSSR count). The summed E-state index contributed by atoms with van der Waals surface area (Å²) in [5, 5.41) is 10.8. The lowest BCUT2D eigenvalue weighted by Gasteiger charge is -2.57. The van der Waals surface area contributed by atoms with Crippen LogP contribution in [0.4, 0.5) is 4.79 Å². The van der Waals surface area contributed by atoms with E-state index in [1.807, 2.05) is 0 Å². The van der Waals surface area contributed by atoms with Crippen molar-refractivity contribution in [3.63, 3.8) is 0 Å². The first kappa shape index (κ1) is 17.4. The lowest BCUT2D eigenvalue weighted by atomic mass is 9.48. The number of ether oxygens (including phenoxy) is 2. The molecule has 0 aliphatic heterocycles. The smallest absolute Gasteiger partial charge is 0.438 e. The Morgan fingerprint density at radius 1 is 1.20 bits per heavy atom. The average Bonchev–Trinajstić information content (AvgIpc) is 3.06. The highest BCUT2D eigenvalue weighted by molar-refractivity contribution is 5.59. The molecule has 0 aromatic carbocycles. The van der Waals surface area contributed by atoms with Gasteiger partial charge in [-0.25, -0.2) is 4.79 Å². The number of carbonyl (C=O) groups excluding carboxylic acids is 1. The van der Waals surface area contributed by atoms with Gasteiger partial charge in [-0.1, -0.05) is 31.4 Å². The predicted octanol–water partition coefficient (Wildman–Crippen LogP) is 4.81. The van der Waals surface area contributed by atoms with Crippen LogP contribution in [-0.2, 0) is 9.47 Å². The SMILES string of the molecule is COC(=O)OC(O)[C@@]12CCC[C@H]1[C@@H]1CC=C3CCCC[C@]3(C)[C@H]1CC2. The van der Waals surface area contributed by atoms with Crippen LogP contribution in [0.15, 0.2) is 11.6 Å². The molecule has 25 heavy (non-hydrogen) atoms. The van der Waals surface area contributed by atoms with Crippen molar-refractivity contribution in [3.05, 3.63) is 11.6 Å². The van der Waals surface area contributed by atoms with E-state index in [9.17, 15) is 9.90 Å². The summed E-state index contributed by atoms with van der Waals surface area (Å²) in [5.74, 6) is 1.82. The molecule has 0 amide bonds. The second-order valence-electron chi connectivity index (χ2n) is 9.05. The minimum absolute atomic E-state index is 0.258. The van der Waals surface area contributed by atoms with Crippen LogP contribution in [0.2, 0.25) is 0 Å². The largest absolute Gasteiger partial charge is 0.510 e. The Morgan fingerprint density at radius 3 is 2.84 bits per heavy atom. The minimum Gasteiger partial charge on any atom is -0.438 e. The molecule has 0 bridgehead atoms. The first-order valence-electron chi connectivity index (χ1n) is 10.1. The van der Waals surface area contributed by atoms with E-state index < -0.39 is 12.4 Å². The lowest BCUT2D eigenvalue weighted by Crippen LogP contribution is -2.53. The summed E-state index contributed by atoms with van der Waals surface area (Å²) in [4.78, 5) is 11.6. The van der Waals surface area contributed by atoms with Gasteiger partial charge < -0.3 is 14.6 Å². The Morgan fingerprint density at radius 2 is 2.04 bits per heavy atom. The molecule has 3 saturated carbocycles. The maximum atomic E-state index is 11.6. The summed E-state index contributed by atoms with van der Waals surface area (Å²) >= 11 is 0. The van der Waals surface area contributed by atoms with Gasteiger partial charge in [-0.05, 0) is 74.5 Å². The second-order valence-corrected chi connectivity index (χ2v) is 9.05. The van der Waals surface area contributed by atoms with Gasteiger partial charge in [0, 0.05) is 5.41 Å². The molecule has 4 aliphatic rings. The van der Waals surface area contributed by atoms with Crippen molar-refractivity contribution in [2.24, 2.45) is 28.6 Å². The molecule has 4 aliphatic carbocycles. The number of methoxy groups -OCH3 is 1. The summed E-state index contributed by atoms with van der Waals surface area (Å²) in [6, 6.07) is 0. The maximum absolute atomic E-state index is 11.6. The van der Waals surface area contributed by atoms with E-state index in [4.69, 9.17) is 4.74 Å².